The van der Waals surface area contributed by atoms with E-state index in [0.717, 1.165) is 49.9 Å². The molecule has 1 aliphatic heterocycles. The first-order chi connectivity index (χ1) is 17.4. The number of carbonyl (C=O) groups is 1. The van der Waals surface area contributed by atoms with Gasteiger partial charge in [0.1, 0.15) is 5.82 Å². The fourth-order valence-corrected chi connectivity index (χ4v) is 5.22. The predicted molar refractivity (Wildman–Crippen MR) is 148 cm³/mol. The third-order valence-corrected chi connectivity index (χ3v) is 7.51. The molecule has 2 aromatic rings. The molecule has 1 aromatic heterocycles. The van der Waals surface area contributed by atoms with E-state index in [9.17, 15) is 4.79 Å². The molecule has 1 aliphatic carbocycles. The summed E-state index contributed by atoms with van der Waals surface area (Å²) in [5.74, 6) is 2.19. The molecule has 0 radical (unpaired) electrons. The highest BCUT2D eigenvalue weighted by Crippen LogP contribution is 2.26. The Bertz CT molecular complexity index is 1050. The van der Waals surface area contributed by atoms with E-state index in [1.165, 1.54) is 12.8 Å². The average Bonchev–Trinajstić information content (AvgIpc) is 2.86. The number of rotatable bonds is 6. The maximum Gasteiger partial charge on any atom is 0.252 e. The van der Waals surface area contributed by atoms with Crippen LogP contribution in [0.2, 0.25) is 10.0 Å². The molecule has 194 valence electrons. The number of amides is 1. The molecule has 36 heavy (non-hydrogen) atoms. The summed E-state index contributed by atoms with van der Waals surface area (Å²) < 4.78 is 0. The molecule has 1 saturated carbocycles. The van der Waals surface area contributed by atoms with Crippen LogP contribution in [0, 0.1) is 5.92 Å². The van der Waals surface area contributed by atoms with Crippen LogP contribution in [-0.2, 0) is 6.42 Å². The van der Waals surface area contributed by atoms with Gasteiger partial charge in [0.05, 0.1) is 11.6 Å². The highest BCUT2D eigenvalue weighted by atomic mass is 35.5. The number of guanidine groups is 1. The molecule has 0 spiro atoms. The molecule has 1 saturated heterocycles. The van der Waals surface area contributed by atoms with Gasteiger partial charge in [-0.2, -0.15) is 0 Å². The van der Waals surface area contributed by atoms with Crippen molar-refractivity contribution in [1.29, 1.82) is 0 Å². The van der Waals surface area contributed by atoms with Crippen LogP contribution in [-0.4, -0.2) is 60.0 Å². The van der Waals surface area contributed by atoms with Crippen LogP contribution in [0.1, 0.15) is 55.5 Å². The van der Waals surface area contributed by atoms with Crippen molar-refractivity contribution in [1.82, 2.24) is 20.5 Å². The predicted octanol–water partition coefficient (Wildman–Crippen LogP) is 5.00. The molecule has 9 heteroatoms. The van der Waals surface area contributed by atoms with Crippen LogP contribution in [0.25, 0.3) is 0 Å². The van der Waals surface area contributed by atoms with E-state index in [0.29, 0.717) is 46.5 Å². The van der Waals surface area contributed by atoms with Crippen LogP contribution in [0.3, 0.4) is 0 Å². The van der Waals surface area contributed by atoms with Gasteiger partial charge in [0.25, 0.3) is 5.91 Å². The van der Waals surface area contributed by atoms with Gasteiger partial charge >= 0.3 is 0 Å². The molecule has 1 aromatic carbocycles. The lowest BCUT2D eigenvalue weighted by Crippen LogP contribution is -2.53. The molecule has 1 amide bonds. The number of hydrogen-bond acceptors (Lipinski definition) is 4. The first-order valence-corrected chi connectivity index (χ1v) is 13.6. The Morgan fingerprint density at radius 3 is 2.67 bits per heavy atom. The molecule has 0 bridgehead atoms. The minimum Gasteiger partial charge on any atom is -0.352 e. The first kappa shape index (κ1) is 26.7. The van der Waals surface area contributed by atoms with Gasteiger partial charge in [-0.25, -0.2) is 9.98 Å². The molecule has 2 heterocycles. The van der Waals surface area contributed by atoms with Crippen LogP contribution in [0.4, 0.5) is 5.82 Å². The zero-order valence-electron chi connectivity index (χ0n) is 21.1. The molecule has 1 atom stereocenters. The Balaban J connectivity index is 1.36. The lowest BCUT2D eigenvalue weighted by Gasteiger charge is -2.35. The number of nitrogens with zero attached hydrogens (tertiary/aromatic N) is 3. The third kappa shape index (κ3) is 7.58. The van der Waals surface area contributed by atoms with Gasteiger partial charge in [0.15, 0.2) is 5.96 Å². The smallest absolute Gasteiger partial charge is 0.252 e. The summed E-state index contributed by atoms with van der Waals surface area (Å²) in [6.07, 6.45) is 6.94. The van der Waals surface area contributed by atoms with Gasteiger partial charge in [-0.05, 0) is 74.8 Å². The van der Waals surface area contributed by atoms with Gasteiger partial charge in [-0.3, -0.25) is 4.79 Å². The molecular formula is C27H36Cl2N6O. The van der Waals surface area contributed by atoms with Crippen molar-refractivity contribution in [2.24, 2.45) is 10.9 Å². The normalized spacial score (nSPS) is 22.8. The van der Waals surface area contributed by atoms with Gasteiger partial charge in [-0.15, -0.1) is 0 Å². The van der Waals surface area contributed by atoms with E-state index >= 15 is 0 Å². The maximum atomic E-state index is 12.6. The summed E-state index contributed by atoms with van der Waals surface area (Å²) in [6, 6.07) is 9.77. The van der Waals surface area contributed by atoms with Crippen molar-refractivity contribution < 1.29 is 4.79 Å². The molecule has 3 N–H and O–H groups in total. The van der Waals surface area contributed by atoms with Crippen molar-refractivity contribution in [3.05, 3.63) is 57.7 Å². The first-order valence-electron chi connectivity index (χ1n) is 12.9. The van der Waals surface area contributed by atoms with Crippen molar-refractivity contribution in [3.8, 4) is 0 Å². The van der Waals surface area contributed by atoms with Crippen molar-refractivity contribution in [3.63, 3.8) is 0 Å². The van der Waals surface area contributed by atoms with Gasteiger partial charge in [-0.1, -0.05) is 36.2 Å². The summed E-state index contributed by atoms with van der Waals surface area (Å²) in [4.78, 5) is 24.6. The van der Waals surface area contributed by atoms with Crippen LogP contribution < -0.4 is 16.0 Å². The van der Waals surface area contributed by atoms with Gasteiger partial charge < -0.3 is 20.9 Å². The SMILES string of the molecule is CC1CCC(/N=C(\Nc2ccc(C(=O)NCCc3ccc(Cl)cc3Cl)cn2)N2CCN[C@@H](C)C2)CC1. The van der Waals surface area contributed by atoms with Crippen LogP contribution >= 0.6 is 23.2 Å². The van der Waals surface area contributed by atoms with E-state index in [1.807, 2.05) is 12.1 Å². The van der Waals surface area contributed by atoms with Crippen LogP contribution in [0.15, 0.2) is 41.5 Å². The summed E-state index contributed by atoms with van der Waals surface area (Å²) in [6.45, 7) is 7.71. The standard InChI is InChI=1S/C27H36Cl2N6O/c1-18-3-8-23(9-4-18)33-27(35-14-13-30-19(2)17-35)34-25-10-6-21(16-32-25)26(36)31-12-11-20-5-7-22(28)15-24(20)29/h5-7,10,15-16,18-19,23,30H,3-4,8-9,11-14,17H2,1-2H3,(H,31,36)(H,32,33,34)/t18?,19-,23?/m0/s1. The molecule has 0 unspecified atom stereocenters. The van der Waals surface area contributed by atoms with E-state index < -0.39 is 0 Å². The molecule has 4 rings (SSSR count). The summed E-state index contributed by atoms with van der Waals surface area (Å²) in [5.41, 5.74) is 1.46. The Hall–Kier alpha value is -2.35. The topological polar surface area (TPSA) is 81.6 Å². The number of piperazine rings is 1. The molecular weight excluding hydrogens is 495 g/mol. The van der Waals surface area contributed by atoms with Crippen LogP contribution in [0.5, 0.6) is 0 Å². The minimum absolute atomic E-state index is 0.166. The molecule has 2 fully saturated rings. The van der Waals surface area contributed by atoms with E-state index in [-0.39, 0.29) is 5.91 Å². The van der Waals surface area contributed by atoms with Gasteiger partial charge in [0, 0.05) is 48.5 Å². The number of carbonyl (C=O) groups excluding carboxylic acids is 1. The number of aliphatic imine (C=N–C) groups is 1. The lowest BCUT2D eigenvalue weighted by atomic mass is 9.88. The highest BCUT2D eigenvalue weighted by molar-refractivity contribution is 6.35. The second-order valence-electron chi connectivity index (χ2n) is 9.97. The fourth-order valence-electron chi connectivity index (χ4n) is 4.72. The lowest BCUT2D eigenvalue weighted by molar-refractivity contribution is 0.0954. The Kier molecular flexibility index (Phi) is 9.46. The van der Waals surface area contributed by atoms with Gasteiger partial charge in [0.2, 0.25) is 0 Å². The highest BCUT2D eigenvalue weighted by Gasteiger charge is 2.23. The molecule has 7 nitrogen and oxygen atoms in total. The number of hydrogen-bond donors (Lipinski definition) is 3. The minimum atomic E-state index is -0.166. The summed E-state index contributed by atoms with van der Waals surface area (Å²) in [5, 5.41) is 11.1. The quantitative estimate of drug-likeness (QED) is 0.361. The Labute approximate surface area is 224 Å². The second-order valence-corrected chi connectivity index (χ2v) is 10.8. The number of anilines is 1. The summed E-state index contributed by atoms with van der Waals surface area (Å²) in [7, 11) is 0. The summed E-state index contributed by atoms with van der Waals surface area (Å²) >= 11 is 12.2. The maximum absolute atomic E-state index is 12.6. The van der Waals surface area contributed by atoms with Crippen molar-refractivity contribution in [2.75, 3.05) is 31.5 Å². The second kappa shape index (κ2) is 12.7. The monoisotopic (exact) mass is 530 g/mol. The number of nitrogens with one attached hydrogen (secondary N) is 3. The van der Waals surface area contributed by atoms with E-state index in [1.54, 1.807) is 24.4 Å². The fraction of sp³-hybridized carbons (Fsp3) is 0.519. The Morgan fingerprint density at radius 2 is 1.97 bits per heavy atom. The van der Waals surface area contributed by atoms with Crippen molar-refractivity contribution in [2.45, 2.75) is 58.0 Å². The number of pyridine rings is 1. The van der Waals surface area contributed by atoms with E-state index in [2.05, 4.69) is 39.7 Å². The number of aromatic nitrogens is 1. The van der Waals surface area contributed by atoms with E-state index in [4.69, 9.17) is 28.2 Å². The van der Waals surface area contributed by atoms with Crippen molar-refractivity contribution >= 4 is 40.9 Å². The average molecular weight is 532 g/mol. The largest absolute Gasteiger partial charge is 0.352 e. The molecule has 2 aliphatic rings. The number of halogens is 2. The third-order valence-electron chi connectivity index (χ3n) is 6.92. The Morgan fingerprint density at radius 1 is 1.17 bits per heavy atom. The zero-order chi connectivity index (χ0) is 25.5. The number of benzene rings is 1. The zero-order valence-corrected chi connectivity index (χ0v) is 22.6.